The molecule has 1 heterocycles. The lowest BCUT2D eigenvalue weighted by Gasteiger charge is -2.04. The Morgan fingerprint density at radius 1 is 1.38 bits per heavy atom. The first-order chi connectivity index (χ1) is 7.83. The highest BCUT2D eigenvalue weighted by molar-refractivity contribution is 7.07. The van der Waals surface area contributed by atoms with E-state index in [1.807, 2.05) is 0 Å². The van der Waals surface area contributed by atoms with E-state index in [0.717, 1.165) is 19.4 Å². The maximum atomic E-state index is 11.5. The molecule has 0 aromatic carbocycles. The van der Waals surface area contributed by atoms with Gasteiger partial charge in [0.1, 0.15) is 0 Å². The molecule has 1 rings (SSSR count). The first-order valence-corrected chi connectivity index (χ1v) is 7.05. The van der Waals surface area contributed by atoms with Crippen LogP contribution in [0.25, 0.3) is 0 Å². The summed E-state index contributed by atoms with van der Waals surface area (Å²) < 4.78 is 0. The van der Waals surface area contributed by atoms with Gasteiger partial charge in [-0.3, -0.25) is 4.79 Å². The summed E-state index contributed by atoms with van der Waals surface area (Å²) in [6.07, 6.45) is 6.32. The number of nitrogens with one attached hydrogen (secondary N) is 1. The van der Waals surface area contributed by atoms with Crippen molar-refractivity contribution < 1.29 is 4.79 Å². The number of unbranched alkanes of at least 4 members (excludes halogenated alkanes) is 3. The third-order valence-corrected chi connectivity index (χ3v) is 3.31. The van der Waals surface area contributed by atoms with Gasteiger partial charge in [-0.2, -0.15) is 11.3 Å². The molecule has 1 N–H and O–H groups in total. The van der Waals surface area contributed by atoms with Gasteiger partial charge in [0.2, 0.25) is 5.91 Å². The van der Waals surface area contributed by atoms with Gasteiger partial charge >= 0.3 is 0 Å². The van der Waals surface area contributed by atoms with Crippen molar-refractivity contribution in [3.05, 3.63) is 22.4 Å². The van der Waals surface area contributed by atoms with Crippen molar-refractivity contribution in [3.8, 4) is 0 Å². The maximum absolute atomic E-state index is 11.5. The zero-order chi connectivity index (χ0) is 11.6. The van der Waals surface area contributed by atoms with Crippen LogP contribution in [0.3, 0.4) is 0 Å². The molecular formula is C13H21NOS. The summed E-state index contributed by atoms with van der Waals surface area (Å²) >= 11 is 1.69. The molecule has 0 aliphatic heterocycles. The Labute approximate surface area is 102 Å². The van der Waals surface area contributed by atoms with Crippen molar-refractivity contribution in [2.45, 2.75) is 45.4 Å². The minimum absolute atomic E-state index is 0.183. The lowest BCUT2D eigenvalue weighted by Crippen LogP contribution is -2.24. The monoisotopic (exact) mass is 239 g/mol. The SMILES string of the molecule is CCCCCCNC(=O)CCc1ccsc1. The molecule has 0 saturated heterocycles. The first-order valence-electron chi connectivity index (χ1n) is 6.10. The average molecular weight is 239 g/mol. The highest BCUT2D eigenvalue weighted by Crippen LogP contribution is 2.08. The predicted molar refractivity (Wildman–Crippen MR) is 69.8 cm³/mol. The molecule has 0 unspecified atom stereocenters. The molecule has 0 atom stereocenters. The number of hydrogen-bond acceptors (Lipinski definition) is 2. The Bertz CT molecular complexity index is 282. The largest absolute Gasteiger partial charge is 0.356 e. The van der Waals surface area contributed by atoms with Gasteiger partial charge in [0.05, 0.1) is 0 Å². The standard InChI is InChI=1S/C13H21NOS/c1-2-3-4-5-9-14-13(15)7-6-12-8-10-16-11-12/h8,10-11H,2-7,9H2,1H3,(H,14,15). The molecule has 1 amide bonds. The molecule has 0 aliphatic carbocycles. The highest BCUT2D eigenvalue weighted by atomic mass is 32.1. The normalized spacial score (nSPS) is 10.3. The van der Waals surface area contributed by atoms with Crippen LogP contribution in [0.5, 0.6) is 0 Å². The number of aryl methyl sites for hydroxylation is 1. The number of carbonyl (C=O) groups is 1. The second kappa shape index (κ2) is 8.34. The molecule has 0 fully saturated rings. The zero-order valence-electron chi connectivity index (χ0n) is 10.00. The van der Waals surface area contributed by atoms with Crippen LogP contribution in [-0.2, 0) is 11.2 Å². The third-order valence-electron chi connectivity index (χ3n) is 2.57. The van der Waals surface area contributed by atoms with Crippen LogP contribution in [0, 0.1) is 0 Å². The third kappa shape index (κ3) is 5.91. The summed E-state index contributed by atoms with van der Waals surface area (Å²) in [6.45, 7) is 3.03. The number of amides is 1. The Morgan fingerprint density at radius 3 is 2.94 bits per heavy atom. The van der Waals surface area contributed by atoms with Gasteiger partial charge in [0.25, 0.3) is 0 Å². The molecule has 16 heavy (non-hydrogen) atoms. The molecule has 2 nitrogen and oxygen atoms in total. The molecular weight excluding hydrogens is 218 g/mol. The lowest BCUT2D eigenvalue weighted by molar-refractivity contribution is -0.121. The maximum Gasteiger partial charge on any atom is 0.220 e. The summed E-state index contributed by atoms with van der Waals surface area (Å²) in [5, 5.41) is 7.13. The lowest BCUT2D eigenvalue weighted by atomic mass is 10.2. The van der Waals surface area contributed by atoms with Crippen LogP contribution in [0.15, 0.2) is 16.8 Å². The van der Waals surface area contributed by atoms with Crippen LogP contribution >= 0.6 is 11.3 Å². The molecule has 0 aliphatic rings. The van der Waals surface area contributed by atoms with Crippen LogP contribution in [-0.4, -0.2) is 12.5 Å². The van der Waals surface area contributed by atoms with Crippen molar-refractivity contribution in [1.82, 2.24) is 5.32 Å². The first kappa shape index (κ1) is 13.2. The number of thiophene rings is 1. The van der Waals surface area contributed by atoms with Crippen molar-refractivity contribution in [3.63, 3.8) is 0 Å². The van der Waals surface area contributed by atoms with E-state index in [-0.39, 0.29) is 5.91 Å². The predicted octanol–water partition coefficient (Wildman–Crippen LogP) is 3.38. The van der Waals surface area contributed by atoms with Gasteiger partial charge in [-0.25, -0.2) is 0 Å². The number of hydrogen-bond donors (Lipinski definition) is 1. The van der Waals surface area contributed by atoms with Gasteiger partial charge in [-0.05, 0) is 35.2 Å². The Morgan fingerprint density at radius 2 is 2.25 bits per heavy atom. The van der Waals surface area contributed by atoms with Gasteiger partial charge in [-0.15, -0.1) is 0 Å². The van der Waals surface area contributed by atoms with E-state index in [1.54, 1.807) is 11.3 Å². The van der Waals surface area contributed by atoms with Crippen molar-refractivity contribution >= 4 is 17.2 Å². The van der Waals surface area contributed by atoms with Gasteiger partial charge in [0.15, 0.2) is 0 Å². The topological polar surface area (TPSA) is 29.1 Å². The highest BCUT2D eigenvalue weighted by Gasteiger charge is 2.01. The summed E-state index contributed by atoms with van der Waals surface area (Å²) in [5.74, 6) is 0.183. The van der Waals surface area contributed by atoms with E-state index >= 15 is 0 Å². The van der Waals surface area contributed by atoms with Crippen molar-refractivity contribution in [1.29, 1.82) is 0 Å². The van der Waals surface area contributed by atoms with Gasteiger partial charge in [-0.1, -0.05) is 26.2 Å². The van der Waals surface area contributed by atoms with E-state index in [0.29, 0.717) is 6.42 Å². The average Bonchev–Trinajstić information content (AvgIpc) is 2.79. The quantitative estimate of drug-likeness (QED) is 0.692. The Hall–Kier alpha value is -0.830. The van der Waals surface area contributed by atoms with E-state index in [2.05, 4.69) is 29.1 Å². The smallest absolute Gasteiger partial charge is 0.220 e. The van der Waals surface area contributed by atoms with E-state index in [4.69, 9.17) is 0 Å². The fourth-order valence-corrected chi connectivity index (χ4v) is 2.26. The molecule has 1 aromatic rings. The van der Waals surface area contributed by atoms with Crippen molar-refractivity contribution in [2.75, 3.05) is 6.54 Å². The van der Waals surface area contributed by atoms with E-state index < -0.39 is 0 Å². The Balaban J connectivity index is 1.99. The fraction of sp³-hybridized carbons (Fsp3) is 0.615. The summed E-state index contributed by atoms with van der Waals surface area (Å²) in [5.41, 5.74) is 1.27. The van der Waals surface area contributed by atoms with Crippen LogP contribution in [0.2, 0.25) is 0 Å². The zero-order valence-corrected chi connectivity index (χ0v) is 10.8. The molecule has 0 spiro atoms. The van der Waals surface area contributed by atoms with Crippen LogP contribution < -0.4 is 5.32 Å². The minimum Gasteiger partial charge on any atom is -0.356 e. The number of rotatable bonds is 8. The molecule has 1 aromatic heterocycles. The van der Waals surface area contributed by atoms with Gasteiger partial charge < -0.3 is 5.32 Å². The molecule has 0 saturated carbocycles. The second-order valence-corrected chi connectivity index (χ2v) is 4.82. The molecule has 90 valence electrons. The summed E-state index contributed by atoms with van der Waals surface area (Å²) in [6, 6.07) is 2.08. The van der Waals surface area contributed by atoms with Crippen LogP contribution in [0.4, 0.5) is 0 Å². The minimum atomic E-state index is 0.183. The summed E-state index contributed by atoms with van der Waals surface area (Å²) in [4.78, 5) is 11.5. The Kier molecular flexibility index (Phi) is 6.90. The molecule has 0 bridgehead atoms. The van der Waals surface area contributed by atoms with Crippen LogP contribution in [0.1, 0.15) is 44.6 Å². The van der Waals surface area contributed by atoms with Gasteiger partial charge in [0, 0.05) is 13.0 Å². The fourth-order valence-electron chi connectivity index (χ4n) is 1.56. The summed E-state index contributed by atoms with van der Waals surface area (Å²) in [7, 11) is 0. The van der Waals surface area contributed by atoms with Crippen molar-refractivity contribution in [2.24, 2.45) is 0 Å². The molecule has 0 radical (unpaired) electrons. The number of carbonyl (C=O) groups excluding carboxylic acids is 1. The molecule has 3 heteroatoms. The second-order valence-electron chi connectivity index (χ2n) is 4.04. The van der Waals surface area contributed by atoms with E-state index in [9.17, 15) is 4.79 Å². The van der Waals surface area contributed by atoms with E-state index in [1.165, 1.54) is 24.8 Å².